The van der Waals surface area contributed by atoms with Gasteiger partial charge in [0.1, 0.15) is 6.04 Å². The van der Waals surface area contributed by atoms with Crippen molar-refractivity contribution in [3.8, 4) is 11.3 Å². The van der Waals surface area contributed by atoms with Crippen LogP contribution in [-0.2, 0) is 16.0 Å². The molecule has 0 bridgehead atoms. The molecule has 1 aromatic heterocycles. The molecule has 3 N–H and O–H groups in total. The quantitative estimate of drug-likeness (QED) is 0.744. The maximum atomic E-state index is 12.1. The second-order valence-electron chi connectivity index (χ2n) is 6.16. The maximum absolute atomic E-state index is 12.1. The highest BCUT2D eigenvalue weighted by Crippen LogP contribution is 2.17. The summed E-state index contributed by atoms with van der Waals surface area (Å²) in [7, 11) is 0. The predicted molar refractivity (Wildman–Crippen MR) is 94.0 cm³/mol. The summed E-state index contributed by atoms with van der Waals surface area (Å²) in [4.78, 5) is 27.9. The van der Waals surface area contributed by atoms with Gasteiger partial charge in [-0.2, -0.15) is 0 Å². The normalized spacial score (nSPS) is 17.8. The molecule has 25 heavy (non-hydrogen) atoms. The SMILES string of the molecule is O=C(O)[C@H](Cc1ccc(-c2ccccn2)cc1)NC(=O)[C@@H]1CCCN1. The summed E-state index contributed by atoms with van der Waals surface area (Å²) in [5.74, 6) is -1.27. The number of nitrogens with one attached hydrogen (secondary N) is 2. The molecule has 1 fully saturated rings. The van der Waals surface area contributed by atoms with E-state index in [4.69, 9.17) is 0 Å². The number of rotatable bonds is 6. The Labute approximate surface area is 146 Å². The number of hydrogen-bond donors (Lipinski definition) is 3. The molecule has 0 unspecified atom stereocenters. The molecule has 6 heteroatoms. The third kappa shape index (κ3) is 4.42. The van der Waals surface area contributed by atoms with E-state index in [0.717, 1.165) is 36.2 Å². The summed E-state index contributed by atoms with van der Waals surface area (Å²) in [5.41, 5.74) is 2.69. The Balaban J connectivity index is 1.65. The Morgan fingerprint density at radius 2 is 2.04 bits per heavy atom. The van der Waals surface area contributed by atoms with Gasteiger partial charge in [-0.15, -0.1) is 0 Å². The van der Waals surface area contributed by atoms with Crippen molar-refractivity contribution in [3.63, 3.8) is 0 Å². The lowest BCUT2D eigenvalue weighted by Crippen LogP contribution is -2.49. The van der Waals surface area contributed by atoms with Gasteiger partial charge in [-0.25, -0.2) is 4.79 Å². The molecule has 130 valence electrons. The molecule has 0 spiro atoms. The summed E-state index contributed by atoms with van der Waals surface area (Å²) in [6, 6.07) is 12.1. The Morgan fingerprint density at radius 3 is 2.64 bits per heavy atom. The summed E-state index contributed by atoms with van der Waals surface area (Å²) in [6.07, 6.45) is 3.66. The van der Waals surface area contributed by atoms with Crippen molar-refractivity contribution in [3.05, 3.63) is 54.2 Å². The first kappa shape index (κ1) is 17.1. The van der Waals surface area contributed by atoms with Crippen molar-refractivity contribution in [1.82, 2.24) is 15.6 Å². The monoisotopic (exact) mass is 339 g/mol. The van der Waals surface area contributed by atoms with Crippen molar-refractivity contribution >= 4 is 11.9 Å². The molecule has 3 rings (SSSR count). The number of aromatic nitrogens is 1. The van der Waals surface area contributed by atoms with E-state index in [9.17, 15) is 14.7 Å². The Kier molecular flexibility index (Phi) is 5.40. The third-order valence-electron chi connectivity index (χ3n) is 4.35. The molecule has 6 nitrogen and oxygen atoms in total. The number of carbonyl (C=O) groups excluding carboxylic acids is 1. The molecular formula is C19H21N3O3. The van der Waals surface area contributed by atoms with Gasteiger partial charge >= 0.3 is 5.97 Å². The fourth-order valence-electron chi connectivity index (χ4n) is 2.96. The zero-order chi connectivity index (χ0) is 17.6. The molecule has 2 aromatic rings. The molecule has 1 amide bonds. The summed E-state index contributed by atoms with van der Waals surface area (Å²) < 4.78 is 0. The number of nitrogens with zero attached hydrogens (tertiary/aromatic N) is 1. The number of carboxylic acid groups (broad SMARTS) is 1. The van der Waals surface area contributed by atoms with Crippen LogP contribution in [0, 0.1) is 0 Å². The van der Waals surface area contributed by atoms with Gasteiger partial charge < -0.3 is 15.7 Å². The first-order chi connectivity index (χ1) is 12.1. The summed E-state index contributed by atoms with van der Waals surface area (Å²) in [5, 5.41) is 15.1. The van der Waals surface area contributed by atoms with Gasteiger partial charge in [0.2, 0.25) is 5.91 Å². The predicted octanol–water partition coefficient (Wildman–Crippen LogP) is 1.61. The van der Waals surface area contributed by atoms with E-state index in [1.807, 2.05) is 42.5 Å². The van der Waals surface area contributed by atoms with Gasteiger partial charge in [0.25, 0.3) is 0 Å². The number of pyridine rings is 1. The Bertz CT molecular complexity index is 725. The second-order valence-corrected chi connectivity index (χ2v) is 6.16. The van der Waals surface area contributed by atoms with E-state index in [-0.39, 0.29) is 18.4 Å². The summed E-state index contributed by atoms with van der Waals surface area (Å²) >= 11 is 0. The van der Waals surface area contributed by atoms with E-state index in [0.29, 0.717) is 0 Å². The number of aliphatic carboxylic acids is 1. The van der Waals surface area contributed by atoms with Crippen molar-refractivity contribution in [1.29, 1.82) is 0 Å². The molecule has 1 aliphatic heterocycles. The highest BCUT2D eigenvalue weighted by atomic mass is 16.4. The fraction of sp³-hybridized carbons (Fsp3) is 0.316. The molecule has 1 aromatic carbocycles. The van der Waals surface area contributed by atoms with Crippen molar-refractivity contribution in [2.75, 3.05) is 6.54 Å². The number of carboxylic acids is 1. The molecule has 0 radical (unpaired) electrons. The lowest BCUT2D eigenvalue weighted by Gasteiger charge is -2.17. The molecule has 1 aliphatic rings. The van der Waals surface area contributed by atoms with E-state index >= 15 is 0 Å². The van der Waals surface area contributed by atoms with Gasteiger partial charge in [0, 0.05) is 18.2 Å². The molecular weight excluding hydrogens is 318 g/mol. The van der Waals surface area contributed by atoms with Crippen LogP contribution in [0.4, 0.5) is 0 Å². The number of carbonyl (C=O) groups is 2. The van der Waals surface area contributed by atoms with E-state index in [1.165, 1.54) is 0 Å². The number of amides is 1. The molecule has 2 atom stereocenters. The highest BCUT2D eigenvalue weighted by Gasteiger charge is 2.27. The summed E-state index contributed by atoms with van der Waals surface area (Å²) in [6.45, 7) is 0.796. The van der Waals surface area contributed by atoms with Crippen LogP contribution in [0.1, 0.15) is 18.4 Å². The Morgan fingerprint density at radius 1 is 1.24 bits per heavy atom. The average Bonchev–Trinajstić information content (AvgIpc) is 3.17. The van der Waals surface area contributed by atoms with Crippen LogP contribution in [0.2, 0.25) is 0 Å². The van der Waals surface area contributed by atoms with Crippen LogP contribution in [-0.4, -0.2) is 40.6 Å². The second kappa shape index (κ2) is 7.90. The lowest BCUT2D eigenvalue weighted by atomic mass is 10.0. The van der Waals surface area contributed by atoms with E-state index in [2.05, 4.69) is 15.6 Å². The first-order valence-corrected chi connectivity index (χ1v) is 8.40. The van der Waals surface area contributed by atoms with Crippen LogP contribution in [0.3, 0.4) is 0 Å². The van der Waals surface area contributed by atoms with Crippen LogP contribution >= 0.6 is 0 Å². The standard InChI is InChI=1S/C19H21N3O3/c23-18(16-5-3-11-21-16)22-17(19(24)25)12-13-6-8-14(9-7-13)15-4-1-2-10-20-15/h1-2,4,6-10,16-17,21H,3,5,11-12H2,(H,22,23)(H,24,25)/t16-,17-/m0/s1. The van der Waals surface area contributed by atoms with Crippen LogP contribution in [0.5, 0.6) is 0 Å². The van der Waals surface area contributed by atoms with Crippen LogP contribution in [0.15, 0.2) is 48.7 Å². The van der Waals surface area contributed by atoms with Crippen molar-refractivity contribution in [2.24, 2.45) is 0 Å². The van der Waals surface area contributed by atoms with Gasteiger partial charge in [-0.1, -0.05) is 30.3 Å². The maximum Gasteiger partial charge on any atom is 0.326 e. The fourth-order valence-corrected chi connectivity index (χ4v) is 2.96. The van der Waals surface area contributed by atoms with Crippen LogP contribution in [0.25, 0.3) is 11.3 Å². The molecule has 1 saturated heterocycles. The van der Waals surface area contributed by atoms with Crippen LogP contribution < -0.4 is 10.6 Å². The van der Waals surface area contributed by atoms with Gasteiger partial charge in [-0.05, 0) is 37.1 Å². The van der Waals surface area contributed by atoms with Crippen molar-refractivity contribution in [2.45, 2.75) is 31.3 Å². The van der Waals surface area contributed by atoms with Gasteiger partial charge in [0.15, 0.2) is 0 Å². The van der Waals surface area contributed by atoms with E-state index < -0.39 is 12.0 Å². The van der Waals surface area contributed by atoms with Crippen molar-refractivity contribution < 1.29 is 14.7 Å². The molecule has 0 saturated carbocycles. The molecule has 0 aliphatic carbocycles. The van der Waals surface area contributed by atoms with E-state index in [1.54, 1.807) is 6.20 Å². The average molecular weight is 339 g/mol. The highest BCUT2D eigenvalue weighted by molar-refractivity contribution is 5.87. The third-order valence-corrected chi connectivity index (χ3v) is 4.35. The minimum absolute atomic E-state index is 0.241. The first-order valence-electron chi connectivity index (χ1n) is 8.40. The molecule has 2 heterocycles. The number of benzene rings is 1. The minimum atomic E-state index is -1.03. The smallest absolute Gasteiger partial charge is 0.326 e. The Hall–Kier alpha value is -2.73. The zero-order valence-corrected chi connectivity index (χ0v) is 13.8. The zero-order valence-electron chi connectivity index (χ0n) is 13.8. The largest absolute Gasteiger partial charge is 0.480 e. The van der Waals surface area contributed by atoms with Gasteiger partial charge in [0.05, 0.1) is 11.7 Å². The topological polar surface area (TPSA) is 91.3 Å². The lowest BCUT2D eigenvalue weighted by molar-refractivity contribution is -0.142. The minimum Gasteiger partial charge on any atom is -0.480 e. The van der Waals surface area contributed by atoms with Gasteiger partial charge in [-0.3, -0.25) is 9.78 Å². The number of hydrogen-bond acceptors (Lipinski definition) is 4.